The van der Waals surface area contributed by atoms with Crippen LogP contribution in [0.25, 0.3) is 0 Å². The van der Waals surface area contributed by atoms with Crippen molar-refractivity contribution in [1.82, 2.24) is 0 Å². The van der Waals surface area contributed by atoms with Gasteiger partial charge in [0.25, 0.3) is 0 Å². The van der Waals surface area contributed by atoms with Crippen LogP contribution in [0.15, 0.2) is 29.4 Å². The molecule has 0 spiro atoms. The van der Waals surface area contributed by atoms with E-state index in [1.807, 2.05) is 0 Å². The van der Waals surface area contributed by atoms with Gasteiger partial charge in [0.15, 0.2) is 0 Å². The number of hydrogen-bond donors (Lipinski definition) is 2. The van der Waals surface area contributed by atoms with Gasteiger partial charge in [-0.05, 0) is 17.7 Å². The number of aromatic hydroxyl groups is 1. The molecule has 0 heterocycles. The average molecular weight is 137 g/mol. The van der Waals surface area contributed by atoms with Gasteiger partial charge < -0.3 is 10.3 Å². The molecule has 0 aliphatic carbocycles. The molecule has 2 N–H and O–H groups in total. The molecule has 0 radical (unpaired) electrons. The molecule has 0 aromatic heterocycles. The van der Waals surface area contributed by atoms with Gasteiger partial charge in [-0.25, -0.2) is 0 Å². The molecule has 10 heavy (non-hydrogen) atoms. The van der Waals surface area contributed by atoms with Crippen LogP contribution < -0.4 is 0 Å². The highest BCUT2D eigenvalue weighted by Crippen LogP contribution is 2.08. The molecule has 0 amide bonds. The van der Waals surface area contributed by atoms with Gasteiger partial charge in [0, 0.05) is 0 Å². The lowest BCUT2D eigenvalue weighted by molar-refractivity contribution is 0.322. The van der Waals surface area contributed by atoms with Crippen LogP contribution in [0.3, 0.4) is 0 Å². The fraction of sp³-hybridized carbons (Fsp3) is 0. The predicted octanol–water partition coefficient (Wildman–Crippen LogP) is 1.20. The summed E-state index contributed by atoms with van der Waals surface area (Å²) < 4.78 is 0. The first-order valence-corrected chi connectivity index (χ1v) is 2.79. The maximum atomic E-state index is 8.90. The van der Waals surface area contributed by atoms with Gasteiger partial charge in [-0.2, -0.15) is 0 Å². The average Bonchev–Trinajstić information content (AvgIpc) is 1.88. The third kappa shape index (κ3) is 1.48. The molecule has 0 unspecified atom stereocenters. The summed E-state index contributed by atoms with van der Waals surface area (Å²) in [5.74, 6) is 0.164. The van der Waals surface area contributed by atoms with E-state index < -0.39 is 0 Å². The number of rotatable bonds is 1. The summed E-state index contributed by atoms with van der Waals surface area (Å²) in [5.41, 5.74) is 0.669. The van der Waals surface area contributed by atoms with Gasteiger partial charge in [-0.15, -0.1) is 0 Å². The summed E-state index contributed by atoms with van der Waals surface area (Å²) in [7, 11) is 0. The third-order valence-corrected chi connectivity index (χ3v) is 1.08. The van der Waals surface area contributed by atoms with Gasteiger partial charge in [-0.3, -0.25) is 0 Å². The molecule has 52 valence electrons. The molecule has 0 aliphatic heterocycles. The normalized spacial score (nSPS) is 10.4. The Morgan fingerprint density at radius 2 is 2.20 bits per heavy atom. The number of nitrogens with zero attached hydrogens (tertiary/aromatic N) is 1. The lowest BCUT2D eigenvalue weighted by Gasteiger charge is -1.91. The molecule has 0 saturated carbocycles. The molecule has 0 bridgehead atoms. The first-order valence-electron chi connectivity index (χ1n) is 2.79. The molecule has 1 aromatic rings. The molecule has 3 heteroatoms. The summed E-state index contributed by atoms with van der Waals surface area (Å²) in [5, 5.41) is 19.8. The molecule has 0 fully saturated rings. The van der Waals surface area contributed by atoms with E-state index in [0.29, 0.717) is 5.56 Å². The van der Waals surface area contributed by atoms with Gasteiger partial charge >= 0.3 is 0 Å². The van der Waals surface area contributed by atoms with E-state index in [1.54, 1.807) is 18.2 Å². The van der Waals surface area contributed by atoms with Crippen molar-refractivity contribution >= 4 is 6.21 Å². The van der Waals surface area contributed by atoms with E-state index in [4.69, 9.17) is 10.3 Å². The topological polar surface area (TPSA) is 52.8 Å². The van der Waals surface area contributed by atoms with Crippen LogP contribution in [0.4, 0.5) is 0 Å². The summed E-state index contributed by atoms with van der Waals surface area (Å²) >= 11 is 0. The van der Waals surface area contributed by atoms with Crippen LogP contribution in [-0.4, -0.2) is 16.5 Å². The summed E-state index contributed by atoms with van der Waals surface area (Å²) in [6, 6.07) is 6.44. The molecular formula is C7H7NO2. The van der Waals surface area contributed by atoms with Gasteiger partial charge in [-0.1, -0.05) is 17.3 Å². The minimum Gasteiger partial charge on any atom is -0.508 e. The zero-order valence-corrected chi connectivity index (χ0v) is 5.23. The van der Waals surface area contributed by atoms with Crippen LogP contribution in [-0.2, 0) is 0 Å². The second-order valence-corrected chi connectivity index (χ2v) is 1.84. The Morgan fingerprint density at radius 3 is 2.80 bits per heavy atom. The van der Waals surface area contributed by atoms with Gasteiger partial charge in [0.2, 0.25) is 0 Å². The van der Waals surface area contributed by atoms with Crippen LogP contribution in [0.5, 0.6) is 5.75 Å². The van der Waals surface area contributed by atoms with Crippen molar-refractivity contribution in [2.24, 2.45) is 5.16 Å². The second kappa shape index (κ2) is 2.87. The first kappa shape index (κ1) is 6.61. The largest absolute Gasteiger partial charge is 0.508 e. The molecule has 0 aliphatic rings. The number of phenols is 1. The summed E-state index contributed by atoms with van der Waals surface area (Å²) in [4.78, 5) is 0. The lowest BCUT2D eigenvalue weighted by Crippen LogP contribution is -1.77. The molecule has 0 saturated heterocycles. The summed E-state index contributed by atoms with van der Waals surface area (Å²) in [6.07, 6.45) is 1.25. The van der Waals surface area contributed by atoms with Gasteiger partial charge in [0.1, 0.15) is 5.75 Å². The van der Waals surface area contributed by atoms with Crippen LogP contribution in [0.2, 0.25) is 0 Å². The van der Waals surface area contributed by atoms with E-state index in [2.05, 4.69) is 5.16 Å². The van der Waals surface area contributed by atoms with E-state index in [1.165, 1.54) is 12.3 Å². The standard InChI is InChI=1S/C7H7NO2/c9-7-3-1-2-6(4-7)5-8-10/h1-5,9-10H. The van der Waals surface area contributed by atoms with Crippen LogP contribution >= 0.6 is 0 Å². The SMILES string of the molecule is ON=Cc1cccc(O)c1. The zero-order chi connectivity index (χ0) is 7.40. The predicted molar refractivity (Wildman–Crippen MR) is 37.5 cm³/mol. The second-order valence-electron chi connectivity index (χ2n) is 1.84. The van der Waals surface area contributed by atoms with Crippen molar-refractivity contribution < 1.29 is 10.3 Å². The van der Waals surface area contributed by atoms with Crippen molar-refractivity contribution in [3.63, 3.8) is 0 Å². The summed E-state index contributed by atoms with van der Waals surface area (Å²) in [6.45, 7) is 0. The monoisotopic (exact) mass is 137 g/mol. The quantitative estimate of drug-likeness (QED) is 0.347. The van der Waals surface area contributed by atoms with Gasteiger partial charge in [0.05, 0.1) is 6.21 Å². The van der Waals surface area contributed by atoms with Crippen molar-refractivity contribution in [3.05, 3.63) is 29.8 Å². The Balaban J connectivity index is 2.95. The van der Waals surface area contributed by atoms with Crippen molar-refractivity contribution in [1.29, 1.82) is 0 Å². The van der Waals surface area contributed by atoms with Crippen molar-refractivity contribution in [2.45, 2.75) is 0 Å². The molecule has 3 nitrogen and oxygen atoms in total. The fourth-order valence-electron chi connectivity index (χ4n) is 0.672. The molecule has 1 aromatic carbocycles. The van der Waals surface area contributed by atoms with Crippen LogP contribution in [0, 0.1) is 0 Å². The minimum atomic E-state index is 0.164. The van der Waals surface area contributed by atoms with Crippen molar-refractivity contribution in [2.75, 3.05) is 0 Å². The maximum absolute atomic E-state index is 8.90. The Morgan fingerprint density at radius 1 is 1.40 bits per heavy atom. The van der Waals surface area contributed by atoms with E-state index in [9.17, 15) is 0 Å². The molecule has 0 atom stereocenters. The third-order valence-electron chi connectivity index (χ3n) is 1.08. The van der Waals surface area contributed by atoms with E-state index in [0.717, 1.165) is 0 Å². The Labute approximate surface area is 58.2 Å². The Kier molecular flexibility index (Phi) is 1.89. The Bertz CT molecular complexity index is 245. The van der Waals surface area contributed by atoms with Crippen LogP contribution in [0.1, 0.15) is 5.56 Å². The molecule has 1 rings (SSSR count). The fourth-order valence-corrected chi connectivity index (χ4v) is 0.672. The lowest BCUT2D eigenvalue weighted by atomic mass is 10.2. The van der Waals surface area contributed by atoms with E-state index in [-0.39, 0.29) is 5.75 Å². The highest BCUT2D eigenvalue weighted by Gasteiger charge is 1.88. The highest BCUT2D eigenvalue weighted by atomic mass is 16.4. The maximum Gasteiger partial charge on any atom is 0.116 e. The number of benzene rings is 1. The number of oxime groups is 1. The minimum absolute atomic E-state index is 0.164. The van der Waals surface area contributed by atoms with E-state index >= 15 is 0 Å². The smallest absolute Gasteiger partial charge is 0.116 e. The highest BCUT2D eigenvalue weighted by molar-refractivity contribution is 5.79. The molecular weight excluding hydrogens is 130 g/mol. The number of phenolic OH excluding ortho intramolecular Hbond substituents is 1. The number of hydrogen-bond acceptors (Lipinski definition) is 3. The zero-order valence-electron chi connectivity index (χ0n) is 5.23. The van der Waals surface area contributed by atoms with Crippen molar-refractivity contribution in [3.8, 4) is 5.75 Å². The Hall–Kier alpha value is -1.51. The first-order chi connectivity index (χ1) is 4.83.